The van der Waals surface area contributed by atoms with Gasteiger partial charge in [0.05, 0.1) is 6.61 Å². The van der Waals surface area contributed by atoms with Gasteiger partial charge >= 0.3 is 0 Å². The van der Waals surface area contributed by atoms with E-state index in [2.05, 4.69) is 10.8 Å². The highest BCUT2D eigenvalue weighted by molar-refractivity contribution is 4.75. The van der Waals surface area contributed by atoms with Crippen LogP contribution in [0.1, 0.15) is 32.6 Å². The number of hydrogen-bond donors (Lipinski definition) is 2. The summed E-state index contributed by atoms with van der Waals surface area (Å²) in [6, 6.07) is 0.817. The fraction of sp³-hybridized carbons (Fsp3) is 1.00. The van der Waals surface area contributed by atoms with Crippen LogP contribution in [0.4, 0.5) is 0 Å². The van der Waals surface area contributed by atoms with E-state index in [-0.39, 0.29) is 0 Å². The molecule has 0 radical (unpaired) electrons. The monoisotopic (exact) mass is 172 g/mol. The molecular weight excluding hydrogens is 152 g/mol. The average molecular weight is 172 g/mol. The molecule has 0 heterocycles. The predicted octanol–water partition coefficient (Wildman–Crippen LogP) is 1.06. The van der Waals surface area contributed by atoms with E-state index >= 15 is 0 Å². The molecule has 72 valence electrons. The van der Waals surface area contributed by atoms with Gasteiger partial charge in [-0.15, -0.1) is 0 Å². The van der Waals surface area contributed by atoms with Crippen molar-refractivity contribution in [2.75, 3.05) is 19.7 Å². The lowest BCUT2D eigenvalue weighted by Gasteiger charge is -2.26. The van der Waals surface area contributed by atoms with Crippen molar-refractivity contribution >= 4 is 0 Å². The van der Waals surface area contributed by atoms with E-state index in [4.69, 9.17) is 4.84 Å². The molecular formula is C9H20N2O. The molecule has 0 atom stereocenters. The summed E-state index contributed by atoms with van der Waals surface area (Å²) in [5.41, 5.74) is 2.90. The van der Waals surface area contributed by atoms with Crippen molar-refractivity contribution < 1.29 is 4.84 Å². The van der Waals surface area contributed by atoms with Gasteiger partial charge in [-0.1, -0.05) is 6.42 Å². The number of rotatable bonds is 7. The third-order valence-electron chi connectivity index (χ3n) is 2.24. The summed E-state index contributed by atoms with van der Waals surface area (Å²) < 4.78 is 0. The van der Waals surface area contributed by atoms with Crippen LogP contribution in [0.2, 0.25) is 0 Å². The molecule has 12 heavy (non-hydrogen) atoms. The van der Waals surface area contributed by atoms with Crippen LogP contribution < -0.4 is 10.8 Å². The summed E-state index contributed by atoms with van der Waals surface area (Å²) in [7, 11) is 0. The molecule has 0 aliphatic heterocycles. The Labute approximate surface area is 74.8 Å². The number of hydrogen-bond acceptors (Lipinski definition) is 3. The van der Waals surface area contributed by atoms with Gasteiger partial charge in [0.25, 0.3) is 0 Å². The largest absolute Gasteiger partial charge is 0.314 e. The second-order valence-electron chi connectivity index (χ2n) is 3.26. The first kappa shape index (κ1) is 9.96. The van der Waals surface area contributed by atoms with Gasteiger partial charge in [-0.05, 0) is 32.7 Å². The van der Waals surface area contributed by atoms with Crippen molar-refractivity contribution in [1.29, 1.82) is 0 Å². The summed E-state index contributed by atoms with van der Waals surface area (Å²) in [6.45, 7) is 4.80. The smallest absolute Gasteiger partial charge is 0.0653 e. The summed E-state index contributed by atoms with van der Waals surface area (Å²) >= 11 is 0. The quantitative estimate of drug-likeness (QED) is 0.445. The van der Waals surface area contributed by atoms with Crippen LogP contribution >= 0.6 is 0 Å². The van der Waals surface area contributed by atoms with Crippen molar-refractivity contribution in [3.8, 4) is 0 Å². The molecule has 3 heteroatoms. The Kier molecular flexibility index (Phi) is 5.32. The molecule has 1 aliphatic carbocycles. The molecule has 0 aromatic rings. The highest BCUT2D eigenvalue weighted by atomic mass is 16.6. The van der Waals surface area contributed by atoms with Crippen molar-refractivity contribution in [2.45, 2.75) is 38.6 Å². The first-order chi connectivity index (χ1) is 5.93. The van der Waals surface area contributed by atoms with Gasteiger partial charge in [-0.2, -0.15) is 0 Å². The summed E-state index contributed by atoms with van der Waals surface area (Å²) in [5.74, 6) is 0. The van der Waals surface area contributed by atoms with Gasteiger partial charge in [0.15, 0.2) is 0 Å². The molecule has 0 aromatic heterocycles. The molecule has 0 unspecified atom stereocenters. The maximum absolute atomic E-state index is 5.00. The van der Waals surface area contributed by atoms with Crippen molar-refractivity contribution in [2.24, 2.45) is 0 Å². The van der Waals surface area contributed by atoms with Crippen LogP contribution in [0.25, 0.3) is 0 Å². The van der Waals surface area contributed by atoms with Crippen molar-refractivity contribution in [3.63, 3.8) is 0 Å². The second kappa shape index (κ2) is 6.40. The third kappa shape index (κ3) is 4.04. The van der Waals surface area contributed by atoms with Crippen LogP contribution in [0, 0.1) is 0 Å². The van der Waals surface area contributed by atoms with Crippen LogP contribution in [0.5, 0.6) is 0 Å². The minimum atomic E-state index is 0.746. The maximum atomic E-state index is 5.00. The number of nitrogens with one attached hydrogen (secondary N) is 2. The Morgan fingerprint density at radius 1 is 1.33 bits per heavy atom. The predicted molar refractivity (Wildman–Crippen MR) is 49.9 cm³/mol. The van der Waals surface area contributed by atoms with Crippen molar-refractivity contribution in [3.05, 3.63) is 0 Å². The topological polar surface area (TPSA) is 33.3 Å². The maximum Gasteiger partial charge on any atom is 0.0653 e. The van der Waals surface area contributed by atoms with Gasteiger partial charge < -0.3 is 10.2 Å². The van der Waals surface area contributed by atoms with Gasteiger partial charge in [-0.25, -0.2) is 5.48 Å². The molecule has 3 nitrogen and oxygen atoms in total. The van der Waals surface area contributed by atoms with E-state index in [1.54, 1.807) is 0 Å². The van der Waals surface area contributed by atoms with E-state index < -0.39 is 0 Å². The molecule has 0 saturated heterocycles. The molecule has 1 aliphatic rings. The summed E-state index contributed by atoms with van der Waals surface area (Å²) in [6.07, 6.45) is 5.31. The fourth-order valence-corrected chi connectivity index (χ4v) is 1.25. The molecule has 1 fully saturated rings. The summed E-state index contributed by atoms with van der Waals surface area (Å²) in [5, 5.41) is 3.50. The van der Waals surface area contributed by atoms with E-state index in [0.29, 0.717) is 0 Å². The van der Waals surface area contributed by atoms with Crippen LogP contribution in [0.3, 0.4) is 0 Å². The van der Waals surface area contributed by atoms with E-state index in [1.807, 2.05) is 6.92 Å². The van der Waals surface area contributed by atoms with Gasteiger partial charge in [0.1, 0.15) is 0 Å². The molecule has 1 saturated carbocycles. The Morgan fingerprint density at radius 3 is 2.75 bits per heavy atom. The van der Waals surface area contributed by atoms with E-state index in [9.17, 15) is 0 Å². The van der Waals surface area contributed by atoms with E-state index in [1.165, 1.54) is 19.3 Å². The Morgan fingerprint density at radius 2 is 2.17 bits per heavy atom. The Balaban J connectivity index is 1.70. The minimum absolute atomic E-state index is 0.746. The molecule has 0 aromatic carbocycles. The third-order valence-corrected chi connectivity index (χ3v) is 2.24. The molecule has 0 amide bonds. The number of hydroxylamine groups is 1. The average Bonchev–Trinajstić information content (AvgIpc) is 2.00. The summed E-state index contributed by atoms with van der Waals surface area (Å²) in [4.78, 5) is 5.00. The molecule has 0 bridgehead atoms. The van der Waals surface area contributed by atoms with Crippen LogP contribution in [-0.2, 0) is 4.84 Å². The molecule has 1 rings (SSSR count). The normalized spacial score (nSPS) is 17.8. The highest BCUT2D eigenvalue weighted by Crippen LogP contribution is 2.17. The van der Waals surface area contributed by atoms with E-state index in [0.717, 1.165) is 32.2 Å². The Bertz CT molecular complexity index is 105. The molecule has 0 spiro atoms. The SMILES string of the molecule is CCONCCCNC1CCC1. The highest BCUT2D eigenvalue weighted by Gasteiger charge is 2.15. The van der Waals surface area contributed by atoms with Gasteiger partial charge in [0, 0.05) is 12.6 Å². The van der Waals surface area contributed by atoms with Crippen LogP contribution in [0.15, 0.2) is 0 Å². The first-order valence-electron chi connectivity index (χ1n) is 5.01. The minimum Gasteiger partial charge on any atom is -0.314 e. The van der Waals surface area contributed by atoms with Crippen LogP contribution in [-0.4, -0.2) is 25.7 Å². The lowest BCUT2D eigenvalue weighted by molar-refractivity contribution is 0.0502. The zero-order valence-corrected chi connectivity index (χ0v) is 7.94. The fourth-order valence-electron chi connectivity index (χ4n) is 1.25. The molecule has 2 N–H and O–H groups in total. The first-order valence-corrected chi connectivity index (χ1v) is 5.01. The zero-order valence-electron chi connectivity index (χ0n) is 7.94. The van der Waals surface area contributed by atoms with Crippen molar-refractivity contribution in [1.82, 2.24) is 10.8 Å². The lowest BCUT2D eigenvalue weighted by Crippen LogP contribution is -2.36. The van der Waals surface area contributed by atoms with Gasteiger partial charge in [0.2, 0.25) is 0 Å². The zero-order chi connectivity index (χ0) is 8.65. The van der Waals surface area contributed by atoms with Gasteiger partial charge in [-0.3, -0.25) is 0 Å². The second-order valence-corrected chi connectivity index (χ2v) is 3.26. The Hall–Kier alpha value is -0.120. The standard InChI is InChI=1S/C9H20N2O/c1-2-12-11-8-4-7-10-9-5-3-6-9/h9-11H,2-8H2,1H3. The lowest BCUT2D eigenvalue weighted by atomic mass is 9.93.